The fraction of sp³-hybridized carbons (Fsp3) is 0.615. The van der Waals surface area contributed by atoms with Crippen LogP contribution in [-0.4, -0.2) is 68.8 Å². The Labute approximate surface area is 131 Å². The molecule has 1 heterocycles. The van der Waals surface area contributed by atoms with Gasteiger partial charge in [-0.1, -0.05) is 17.8 Å². The molecule has 0 radical (unpaired) electrons. The van der Waals surface area contributed by atoms with Crippen LogP contribution in [0.3, 0.4) is 0 Å². The number of hydrogen-bond acceptors (Lipinski definition) is 6. The first-order valence-corrected chi connectivity index (χ1v) is 6.87. The topological polar surface area (TPSA) is 158 Å². The molecule has 1 aliphatic heterocycles. The third-order valence-electron chi connectivity index (χ3n) is 4.55. The SMILES string of the molecule is CCCC1C(C=O)(CC=O)NC1(C(=O)O)[N+](C)(C(=O)O)C(=O)O. The highest BCUT2D eigenvalue weighted by atomic mass is 16.5. The van der Waals surface area contributed by atoms with Crippen LogP contribution in [-0.2, 0) is 14.4 Å². The minimum absolute atomic E-state index is 0.0558. The summed E-state index contributed by atoms with van der Waals surface area (Å²) in [4.78, 5) is 57.2. The quantitative estimate of drug-likeness (QED) is 0.375. The molecule has 2 amide bonds. The van der Waals surface area contributed by atoms with Gasteiger partial charge in [0.05, 0.1) is 18.5 Å². The second-order valence-corrected chi connectivity index (χ2v) is 5.64. The molecule has 0 aliphatic carbocycles. The van der Waals surface area contributed by atoms with Crippen molar-refractivity contribution < 1.29 is 43.8 Å². The van der Waals surface area contributed by atoms with E-state index in [0.717, 1.165) is 7.05 Å². The first kappa shape index (κ1) is 18.7. The summed E-state index contributed by atoms with van der Waals surface area (Å²) in [6.07, 6.45) is -3.01. The number of carbonyl (C=O) groups is 5. The number of hydrogen-bond donors (Lipinski definition) is 4. The normalized spacial score (nSPS) is 30.1. The number of carboxylic acids is 1. The molecular weight excluding hydrogens is 312 g/mol. The third-order valence-corrected chi connectivity index (χ3v) is 4.55. The number of rotatable bonds is 7. The van der Waals surface area contributed by atoms with Crippen LogP contribution < -0.4 is 5.32 Å². The van der Waals surface area contributed by atoms with E-state index < -0.39 is 39.8 Å². The molecule has 10 heteroatoms. The summed E-state index contributed by atoms with van der Waals surface area (Å²) in [5, 5.41) is 30.6. The number of amides is 2. The van der Waals surface area contributed by atoms with Crippen LogP contribution in [0.15, 0.2) is 0 Å². The monoisotopic (exact) mass is 331 g/mol. The predicted octanol–water partition coefficient (Wildman–Crippen LogP) is 0.116. The minimum atomic E-state index is -2.46. The zero-order chi connectivity index (χ0) is 18.1. The summed E-state index contributed by atoms with van der Waals surface area (Å²) in [5.74, 6) is -2.90. The summed E-state index contributed by atoms with van der Waals surface area (Å²) in [5.41, 5.74) is -4.06. The maximum atomic E-state index is 11.8. The molecular formula is C13H19N2O8+. The third kappa shape index (κ3) is 2.21. The van der Waals surface area contributed by atoms with Gasteiger partial charge >= 0.3 is 18.2 Å². The molecule has 0 aromatic rings. The molecule has 3 atom stereocenters. The van der Waals surface area contributed by atoms with Crippen molar-refractivity contribution in [2.24, 2.45) is 5.92 Å². The lowest BCUT2D eigenvalue weighted by molar-refractivity contribution is -0.833. The van der Waals surface area contributed by atoms with Gasteiger partial charge in [0.1, 0.15) is 12.6 Å². The molecule has 0 saturated carbocycles. The number of carbonyl (C=O) groups excluding carboxylic acids is 2. The molecule has 10 nitrogen and oxygen atoms in total. The average Bonchev–Trinajstić information content (AvgIpc) is 2.46. The Morgan fingerprint density at radius 1 is 1.17 bits per heavy atom. The van der Waals surface area contributed by atoms with E-state index in [2.05, 4.69) is 5.32 Å². The molecule has 4 N–H and O–H groups in total. The first-order chi connectivity index (χ1) is 10.6. The van der Waals surface area contributed by atoms with E-state index in [4.69, 9.17) is 0 Å². The Balaban J connectivity index is 3.61. The molecule has 1 saturated heterocycles. The number of carboxylic acid groups (broad SMARTS) is 3. The van der Waals surface area contributed by atoms with Gasteiger partial charge in [-0.05, 0) is 6.42 Å². The fourth-order valence-corrected chi connectivity index (χ4v) is 3.27. The molecule has 0 aromatic heterocycles. The lowest BCUT2D eigenvalue weighted by Crippen LogP contribution is -2.93. The minimum Gasteiger partial charge on any atom is -0.475 e. The van der Waals surface area contributed by atoms with Gasteiger partial charge in [0.15, 0.2) is 0 Å². The summed E-state index contributed by atoms with van der Waals surface area (Å²) < 4.78 is -1.90. The highest BCUT2D eigenvalue weighted by Gasteiger charge is 2.80. The largest absolute Gasteiger partial charge is 0.526 e. The van der Waals surface area contributed by atoms with Crippen LogP contribution in [0.2, 0.25) is 0 Å². The lowest BCUT2D eigenvalue weighted by atomic mass is 9.62. The number of nitrogens with one attached hydrogen (secondary N) is 1. The van der Waals surface area contributed by atoms with Crippen LogP contribution in [0.5, 0.6) is 0 Å². The van der Waals surface area contributed by atoms with Crippen molar-refractivity contribution in [2.45, 2.75) is 37.4 Å². The lowest BCUT2D eigenvalue weighted by Gasteiger charge is -2.60. The molecule has 0 bridgehead atoms. The molecule has 1 rings (SSSR count). The molecule has 0 aromatic carbocycles. The maximum Gasteiger partial charge on any atom is 0.526 e. The Morgan fingerprint density at radius 2 is 1.70 bits per heavy atom. The van der Waals surface area contributed by atoms with Gasteiger partial charge in [-0.3, -0.25) is 0 Å². The van der Waals surface area contributed by atoms with Gasteiger partial charge in [0.2, 0.25) is 0 Å². The Morgan fingerprint density at radius 3 is 2.00 bits per heavy atom. The second kappa shape index (κ2) is 6.05. The van der Waals surface area contributed by atoms with E-state index in [1.165, 1.54) is 0 Å². The van der Waals surface area contributed by atoms with Gasteiger partial charge in [-0.15, -0.1) is 0 Å². The number of imide groups is 1. The van der Waals surface area contributed by atoms with Crippen molar-refractivity contribution in [2.75, 3.05) is 7.05 Å². The van der Waals surface area contributed by atoms with E-state index in [9.17, 15) is 39.3 Å². The number of quaternary nitrogens is 1. The maximum absolute atomic E-state index is 11.8. The molecule has 23 heavy (non-hydrogen) atoms. The van der Waals surface area contributed by atoms with Gasteiger partial charge in [0, 0.05) is 6.42 Å². The van der Waals surface area contributed by atoms with Gasteiger partial charge in [0.25, 0.3) is 5.66 Å². The van der Waals surface area contributed by atoms with Crippen molar-refractivity contribution in [3.05, 3.63) is 0 Å². The molecule has 1 fully saturated rings. The van der Waals surface area contributed by atoms with E-state index in [-0.39, 0.29) is 12.8 Å². The molecule has 128 valence electrons. The van der Waals surface area contributed by atoms with Crippen LogP contribution in [0.1, 0.15) is 26.2 Å². The summed E-state index contributed by atoms with van der Waals surface area (Å²) in [7, 11) is 0.726. The van der Waals surface area contributed by atoms with E-state index in [1.54, 1.807) is 6.92 Å². The van der Waals surface area contributed by atoms with Crippen molar-refractivity contribution in [3.63, 3.8) is 0 Å². The smallest absolute Gasteiger partial charge is 0.475 e. The van der Waals surface area contributed by atoms with Crippen molar-refractivity contribution in [3.8, 4) is 0 Å². The summed E-state index contributed by atoms with van der Waals surface area (Å²) in [6, 6.07) is 0. The fourth-order valence-electron chi connectivity index (χ4n) is 3.27. The van der Waals surface area contributed by atoms with Gasteiger partial charge < -0.3 is 24.9 Å². The van der Waals surface area contributed by atoms with Crippen LogP contribution >= 0.6 is 0 Å². The number of nitrogens with zero attached hydrogens (tertiary/aromatic N) is 1. The van der Waals surface area contributed by atoms with E-state index >= 15 is 0 Å². The Kier molecular flexibility index (Phi) is 4.92. The summed E-state index contributed by atoms with van der Waals surface area (Å²) in [6.45, 7) is 1.67. The first-order valence-electron chi connectivity index (χ1n) is 6.87. The standard InChI is InChI=1S/C13H18N2O8/c1-3-4-8-12(7-17,5-6-16)14-13(8,9(18)19)15(2,10(20)21)11(22)23/h6-8,14H,3-5H2,1-2H3,(H2-,18,19,20,21,22,23)/p+1. The predicted molar refractivity (Wildman–Crippen MR) is 73.6 cm³/mol. The second-order valence-electron chi connectivity index (χ2n) is 5.64. The zero-order valence-corrected chi connectivity index (χ0v) is 12.7. The van der Waals surface area contributed by atoms with E-state index in [0.29, 0.717) is 19.0 Å². The average molecular weight is 331 g/mol. The van der Waals surface area contributed by atoms with Crippen molar-refractivity contribution in [1.82, 2.24) is 5.32 Å². The summed E-state index contributed by atoms with van der Waals surface area (Å²) >= 11 is 0. The van der Waals surface area contributed by atoms with Gasteiger partial charge in [-0.2, -0.15) is 9.59 Å². The molecule has 3 unspecified atom stereocenters. The highest BCUT2D eigenvalue weighted by molar-refractivity contribution is 5.90. The zero-order valence-electron chi connectivity index (χ0n) is 12.7. The van der Waals surface area contributed by atoms with Crippen molar-refractivity contribution >= 4 is 30.7 Å². The highest BCUT2D eigenvalue weighted by Crippen LogP contribution is 2.49. The number of aliphatic carboxylic acids is 1. The number of aldehydes is 2. The van der Waals surface area contributed by atoms with Crippen molar-refractivity contribution in [1.29, 1.82) is 0 Å². The van der Waals surface area contributed by atoms with E-state index in [1.807, 2.05) is 0 Å². The van der Waals surface area contributed by atoms with Gasteiger partial charge in [-0.25, -0.2) is 10.1 Å². The Hall–Kier alpha value is -2.33. The van der Waals surface area contributed by atoms with Crippen LogP contribution in [0, 0.1) is 5.92 Å². The molecule has 1 aliphatic rings. The van der Waals surface area contributed by atoms with Crippen LogP contribution in [0.4, 0.5) is 9.59 Å². The number of likely N-dealkylation sites (N-methyl/N-ethyl adjacent to an activating group) is 1. The Bertz CT molecular complexity index is 548. The van der Waals surface area contributed by atoms with Crippen LogP contribution in [0.25, 0.3) is 0 Å². The molecule has 0 spiro atoms.